The smallest absolute Gasteiger partial charge is 0.207 e. The largest absolute Gasteiger partial charge is 0.291 e. The topological polar surface area (TPSA) is 33.0 Å². The zero-order chi connectivity index (χ0) is 8.27. The van der Waals surface area contributed by atoms with Gasteiger partial charge in [0.05, 0.1) is 11.6 Å². The van der Waals surface area contributed by atoms with Gasteiger partial charge in [0, 0.05) is 4.53 Å². The van der Waals surface area contributed by atoms with Gasteiger partial charge in [0.25, 0.3) is 0 Å². The van der Waals surface area contributed by atoms with Crippen molar-refractivity contribution in [1.82, 2.24) is 0 Å². The Bertz CT molecular complexity index is 306. The number of halogens is 2. The first kappa shape index (κ1) is 7.48. The van der Waals surface area contributed by atoms with Crippen LogP contribution in [0.3, 0.4) is 0 Å². The molecule has 0 fully saturated rings. The van der Waals surface area contributed by atoms with Gasteiger partial charge in [-0.3, -0.25) is 4.94 Å². The molecule has 4 heteroatoms. The van der Waals surface area contributed by atoms with Crippen molar-refractivity contribution < 1.29 is 13.9 Å². The van der Waals surface area contributed by atoms with Crippen LogP contribution in [-0.2, 0) is 0 Å². The zero-order valence-electron chi connectivity index (χ0n) is 5.34. The molecule has 0 N–H and O–H groups in total. The van der Waals surface area contributed by atoms with E-state index in [0.29, 0.717) is 0 Å². The first-order chi connectivity index (χ1) is 5.27. The molecular formula is C7H3F2NO. The molecule has 0 unspecified atom stereocenters. The minimum atomic E-state index is -0.883. The second-order valence-corrected chi connectivity index (χ2v) is 1.83. The first-order valence-corrected chi connectivity index (χ1v) is 2.76. The number of nitrogens with zero attached hydrogens (tertiary/aromatic N) is 1. The molecule has 1 aromatic carbocycles. The predicted molar refractivity (Wildman–Crippen MR) is 32.9 cm³/mol. The second-order valence-electron chi connectivity index (χ2n) is 1.83. The fraction of sp³-hybridized carbons (Fsp3) is 0. The molecule has 0 amide bonds. The number of hydrogen-bond acceptors (Lipinski definition) is 2. The van der Waals surface area contributed by atoms with Crippen LogP contribution in [-0.4, -0.2) is 0 Å². The molecule has 0 radical (unpaired) electrons. The Morgan fingerprint density at radius 2 is 2.18 bits per heavy atom. The van der Waals surface area contributed by atoms with Gasteiger partial charge in [0.2, 0.25) is 5.75 Å². The molecule has 0 spiro atoms. The molecule has 0 atom stereocenters. The number of benzene rings is 1. The van der Waals surface area contributed by atoms with Crippen molar-refractivity contribution in [1.29, 1.82) is 5.26 Å². The van der Waals surface area contributed by atoms with Gasteiger partial charge in [-0.05, 0) is 18.2 Å². The van der Waals surface area contributed by atoms with Gasteiger partial charge >= 0.3 is 0 Å². The Labute approximate surface area is 61.5 Å². The molecule has 0 bridgehead atoms. The van der Waals surface area contributed by atoms with Crippen LogP contribution < -0.4 is 4.94 Å². The molecule has 2 nitrogen and oxygen atoms in total. The maximum Gasteiger partial charge on any atom is 0.207 e. The highest BCUT2D eigenvalue weighted by Gasteiger charge is 2.03. The van der Waals surface area contributed by atoms with Gasteiger partial charge in [-0.25, -0.2) is 4.39 Å². The van der Waals surface area contributed by atoms with Crippen molar-refractivity contribution >= 4 is 0 Å². The fourth-order valence-corrected chi connectivity index (χ4v) is 0.633. The normalized spacial score (nSPS) is 8.82. The summed E-state index contributed by atoms with van der Waals surface area (Å²) in [7, 11) is 0. The SMILES string of the molecule is N#Cc1ccc(OF)c(F)c1. The predicted octanol–water partition coefficient (Wildman–Crippen LogP) is 1.96. The summed E-state index contributed by atoms with van der Waals surface area (Å²) in [5.41, 5.74) is 0.128. The highest BCUT2D eigenvalue weighted by Crippen LogP contribution is 2.17. The van der Waals surface area contributed by atoms with E-state index < -0.39 is 11.6 Å². The summed E-state index contributed by atoms with van der Waals surface area (Å²) in [6.07, 6.45) is 0. The molecule has 1 aromatic rings. The highest BCUT2D eigenvalue weighted by atomic mass is 19.3. The summed E-state index contributed by atoms with van der Waals surface area (Å²) in [6, 6.07) is 4.91. The van der Waals surface area contributed by atoms with Crippen molar-refractivity contribution in [3.8, 4) is 11.8 Å². The zero-order valence-corrected chi connectivity index (χ0v) is 5.34. The lowest BCUT2D eigenvalue weighted by atomic mass is 10.2. The minimum Gasteiger partial charge on any atom is -0.291 e. The Morgan fingerprint density at radius 3 is 2.64 bits per heavy atom. The molecule has 0 aliphatic rings. The lowest BCUT2D eigenvalue weighted by molar-refractivity contribution is -0.0106. The molecule has 0 heterocycles. The standard InChI is InChI=1S/C7H3F2NO/c8-6-3-5(4-10)1-2-7(6)11-9/h1-3H. The summed E-state index contributed by atoms with van der Waals surface area (Å²) in [6.45, 7) is 0. The summed E-state index contributed by atoms with van der Waals surface area (Å²) >= 11 is 0. The monoisotopic (exact) mass is 155 g/mol. The second kappa shape index (κ2) is 2.97. The van der Waals surface area contributed by atoms with E-state index in [0.717, 1.165) is 12.1 Å². The van der Waals surface area contributed by atoms with Crippen molar-refractivity contribution in [3.05, 3.63) is 29.6 Å². The molecule has 0 aliphatic carbocycles. The van der Waals surface area contributed by atoms with E-state index in [1.54, 1.807) is 6.07 Å². The Kier molecular flexibility index (Phi) is 2.02. The van der Waals surface area contributed by atoms with Crippen molar-refractivity contribution in [2.75, 3.05) is 0 Å². The van der Waals surface area contributed by atoms with E-state index in [9.17, 15) is 8.92 Å². The summed E-state index contributed by atoms with van der Waals surface area (Å²) in [4.78, 5) is 3.16. The maximum absolute atomic E-state index is 12.5. The number of nitriles is 1. The van der Waals surface area contributed by atoms with Crippen molar-refractivity contribution in [2.24, 2.45) is 0 Å². The summed E-state index contributed by atoms with van der Waals surface area (Å²) in [5, 5.41) is 8.27. The molecule has 0 aromatic heterocycles. The third-order valence-corrected chi connectivity index (χ3v) is 1.14. The Balaban J connectivity index is 3.12. The van der Waals surface area contributed by atoms with Gasteiger partial charge < -0.3 is 0 Å². The van der Waals surface area contributed by atoms with Gasteiger partial charge in [0.15, 0.2) is 5.82 Å². The quantitative estimate of drug-likeness (QED) is 0.621. The fourth-order valence-electron chi connectivity index (χ4n) is 0.633. The van der Waals surface area contributed by atoms with Crippen LogP contribution in [0.5, 0.6) is 5.75 Å². The van der Waals surface area contributed by atoms with E-state index in [4.69, 9.17) is 5.26 Å². The van der Waals surface area contributed by atoms with Gasteiger partial charge in [-0.1, -0.05) is 0 Å². The van der Waals surface area contributed by atoms with Crippen molar-refractivity contribution in [2.45, 2.75) is 0 Å². The van der Waals surface area contributed by atoms with Crippen LogP contribution in [0.2, 0.25) is 0 Å². The molecule has 0 aliphatic heterocycles. The summed E-state index contributed by atoms with van der Waals surface area (Å²) in [5.74, 6) is -1.39. The Hall–Kier alpha value is -1.63. The van der Waals surface area contributed by atoms with E-state index >= 15 is 0 Å². The maximum atomic E-state index is 12.5. The summed E-state index contributed by atoms with van der Waals surface area (Å²) < 4.78 is 23.9. The molecule has 56 valence electrons. The van der Waals surface area contributed by atoms with Gasteiger partial charge in [-0.15, -0.1) is 0 Å². The van der Waals surface area contributed by atoms with Crippen LogP contribution in [0, 0.1) is 17.1 Å². The van der Waals surface area contributed by atoms with Gasteiger partial charge in [-0.2, -0.15) is 5.26 Å². The molecule has 0 saturated carbocycles. The van der Waals surface area contributed by atoms with E-state index in [-0.39, 0.29) is 5.56 Å². The third kappa shape index (κ3) is 1.44. The molecular weight excluding hydrogens is 152 g/mol. The average molecular weight is 155 g/mol. The lowest BCUT2D eigenvalue weighted by Crippen LogP contribution is -1.84. The number of hydrogen-bond donors (Lipinski definition) is 0. The van der Waals surface area contributed by atoms with Crippen LogP contribution >= 0.6 is 0 Å². The van der Waals surface area contributed by atoms with E-state index in [1.807, 2.05) is 0 Å². The van der Waals surface area contributed by atoms with Gasteiger partial charge in [0.1, 0.15) is 0 Å². The third-order valence-electron chi connectivity index (χ3n) is 1.14. The average Bonchev–Trinajstić information content (AvgIpc) is 2.04. The van der Waals surface area contributed by atoms with E-state index in [2.05, 4.69) is 4.94 Å². The van der Waals surface area contributed by atoms with Crippen LogP contribution in [0.15, 0.2) is 18.2 Å². The first-order valence-electron chi connectivity index (χ1n) is 2.76. The lowest BCUT2D eigenvalue weighted by Gasteiger charge is -1.94. The van der Waals surface area contributed by atoms with Crippen molar-refractivity contribution in [3.63, 3.8) is 0 Å². The van der Waals surface area contributed by atoms with Crippen LogP contribution in [0.1, 0.15) is 5.56 Å². The van der Waals surface area contributed by atoms with E-state index in [1.165, 1.54) is 6.07 Å². The Morgan fingerprint density at radius 1 is 1.45 bits per heavy atom. The molecule has 1 rings (SSSR count). The van der Waals surface area contributed by atoms with Crippen LogP contribution in [0.4, 0.5) is 8.92 Å². The highest BCUT2D eigenvalue weighted by molar-refractivity contribution is 5.35. The molecule has 11 heavy (non-hydrogen) atoms. The number of rotatable bonds is 1. The molecule has 0 saturated heterocycles. The minimum absolute atomic E-state index is 0.128. The van der Waals surface area contributed by atoms with Crippen LogP contribution in [0.25, 0.3) is 0 Å².